The smallest absolute Gasteiger partial charge is 0.228 e. The number of thiophene rings is 1. The van der Waals surface area contributed by atoms with Crippen molar-refractivity contribution in [3.8, 4) is 0 Å². The number of fused-ring (bicyclic) bond motifs is 1. The van der Waals surface area contributed by atoms with Gasteiger partial charge in [0.25, 0.3) is 0 Å². The quantitative estimate of drug-likeness (QED) is 0.773. The Morgan fingerprint density at radius 1 is 1.04 bits per heavy atom. The number of piperazine rings is 1. The molecule has 0 aromatic carbocycles. The van der Waals surface area contributed by atoms with Gasteiger partial charge < -0.3 is 9.80 Å². The van der Waals surface area contributed by atoms with Crippen LogP contribution in [0.5, 0.6) is 0 Å². The molecule has 5 fully saturated rings. The summed E-state index contributed by atoms with van der Waals surface area (Å²) in [6.07, 6.45) is 9.36. The minimum Gasteiger partial charge on any atom is -0.352 e. The van der Waals surface area contributed by atoms with Gasteiger partial charge in [0.2, 0.25) is 5.91 Å². The van der Waals surface area contributed by atoms with Crippen LogP contribution in [-0.4, -0.2) is 47.0 Å². The van der Waals surface area contributed by atoms with E-state index in [1.165, 1.54) is 43.4 Å². The highest BCUT2D eigenvalue weighted by molar-refractivity contribution is 7.18. The van der Waals surface area contributed by atoms with E-state index in [-0.39, 0.29) is 5.41 Å². The van der Waals surface area contributed by atoms with E-state index in [2.05, 4.69) is 32.8 Å². The van der Waals surface area contributed by atoms with Gasteiger partial charge in [0, 0.05) is 31.1 Å². The van der Waals surface area contributed by atoms with Crippen LogP contribution in [-0.2, 0) is 4.79 Å². The Morgan fingerprint density at radius 2 is 1.68 bits per heavy atom. The zero-order chi connectivity index (χ0) is 18.9. The van der Waals surface area contributed by atoms with Crippen molar-refractivity contribution in [2.45, 2.75) is 45.4 Å². The normalized spacial score (nSPS) is 34.4. The van der Waals surface area contributed by atoms with E-state index in [1.54, 1.807) is 17.7 Å². The first-order chi connectivity index (χ1) is 13.6. The lowest BCUT2D eigenvalue weighted by Gasteiger charge is -2.57. The molecule has 3 heterocycles. The summed E-state index contributed by atoms with van der Waals surface area (Å²) < 4.78 is 0. The summed E-state index contributed by atoms with van der Waals surface area (Å²) in [5.41, 5.74) is -0.0103. The van der Waals surface area contributed by atoms with Crippen LogP contribution in [0.3, 0.4) is 0 Å². The monoisotopic (exact) mass is 396 g/mol. The molecule has 0 spiro atoms. The summed E-state index contributed by atoms with van der Waals surface area (Å²) in [5.74, 6) is 3.99. The molecule has 28 heavy (non-hydrogen) atoms. The third-order valence-electron chi connectivity index (χ3n) is 7.79. The number of nitrogens with zero attached hydrogens (tertiary/aromatic N) is 4. The molecule has 7 rings (SSSR count). The molecule has 4 bridgehead atoms. The molecule has 1 saturated heterocycles. The number of amides is 1. The molecule has 0 N–H and O–H groups in total. The molecule has 2 aromatic heterocycles. The molecule has 5 aliphatic rings. The van der Waals surface area contributed by atoms with Gasteiger partial charge in [0.05, 0.1) is 10.8 Å². The second kappa shape index (κ2) is 6.15. The minimum atomic E-state index is -0.0103. The SMILES string of the molecule is Cc1cc2c(N3CCN(C(=O)C45CC6CC(CC(C6)C4)C5)CC3)ncnc2s1. The summed E-state index contributed by atoms with van der Waals surface area (Å²) in [5, 5.41) is 1.16. The zero-order valence-electron chi connectivity index (χ0n) is 16.6. The predicted octanol–water partition coefficient (Wildman–Crippen LogP) is 3.86. The maximum atomic E-state index is 13.6. The number of aryl methyl sites for hydroxylation is 1. The summed E-state index contributed by atoms with van der Waals surface area (Å²) in [6, 6.07) is 2.20. The summed E-state index contributed by atoms with van der Waals surface area (Å²) in [4.78, 5) is 29.5. The van der Waals surface area contributed by atoms with Gasteiger partial charge >= 0.3 is 0 Å². The highest BCUT2D eigenvalue weighted by Crippen LogP contribution is 2.60. The number of aromatic nitrogens is 2. The average Bonchev–Trinajstić information content (AvgIpc) is 3.07. The van der Waals surface area contributed by atoms with Crippen LogP contribution in [0.25, 0.3) is 10.2 Å². The third-order valence-corrected chi connectivity index (χ3v) is 8.75. The van der Waals surface area contributed by atoms with E-state index < -0.39 is 0 Å². The van der Waals surface area contributed by atoms with Crippen molar-refractivity contribution < 1.29 is 4.79 Å². The van der Waals surface area contributed by atoms with Crippen LogP contribution in [0.2, 0.25) is 0 Å². The second-order valence-electron chi connectivity index (χ2n) is 9.75. The van der Waals surface area contributed by atoms with Gasteiger partial charge in [-0.05, 0) is 69.3 Å². The fourth-order valence-electron chi connectivity index (χ4n) is 7.04. The average molecular weight is 397 g/mol. The Hall–Kier alpha value is -1.69. The predicted molar refractivity (Wildman–Crippen MR) is 112 cm³/mol. The van der Waals surface area contributed by atoms with Crippen molar-refractivity contribution in [2.24, 2.45) is 23.2 Å². The highest BCUT2D eigenvalue weighted by atomic mass is 32.1. The first-order valence-corrected chi connectivity index (χ1v) is 11.7. The maximum absolute atomic E-state index is 13.6. The molecule has 1 amide bonds. The summed E-state index contributed by atoms with van der Waals surface area (Å²) in [7, 11) is 0. The molecular weight excluding hydrogens is 368 g/mol. The Bertz CT molecular complexity index is 894. The zero-order valence-corrected chi connectivity index (χ0v) is 17.4. The van der Waals surface area contributed by atoms with E-state index in [0.717, 1.165) is 60.0 Å². The van der Waals surface area contributed by atoms with Gasteiger partial charge in [-0.3, -0.25) is 4.79 Å². The molecule has 2 aromatic rings. The van der Waals surface area contributed by atoms with Crippen LogP contribution in [0.15, 0.2) is 12.4 Å². The van der Waals surface area contributed by atoms with Crippen LogP contribution in [0.1, 0.15) is 43.4 Å². The number of hydrogen-bond acceptors (Lipinski definition) is 5. The molecule has 6 heteroatoms. The van der Waals surface area contributed by atoms with Gasteiger partial charge in [0.1, 0.15) is 17.0 Å². The first-order valence-electron chi connectivity index (χ1n) is 10.9. The van der Waals surface area contributed by atoms with Crippen LogP contribution >= 0.6 is 11.3 Å². The number of carbonyl (C=O) groups is 1. The van der Waals surface area contributed by atoms with Gasteiger partial charge in [-0.2, -0.15) is 0 Å². The first kappa shape index (κ1) is 17.2. The second-order valence-corrected chi connectivity index (χ2v) is 11.0. The van der Waals surface area contributed by atoms with E-state index in [0.29, 0.717) is 5.91 Å². The van der Waals surface area contributed by atoms with Crippen LogP contribution < -0.4 is 4.90 Å². The molecular formula is C22H28N4OS. The van der Waals surface area contributed by atoms with Crippen molar-refractivity contribution in [2.75, 3.05) is 31.1 Å². The summed E-state index contributed by atoms with van der Waals surface area (Å²) in [6.45, 7) is 5.53. The van der Waals surface area contributed by atoms with Gasteiger partial charge in [-0.25, -0.2) is 9.97 Å². The topological polar surface area (TPSA) is 49.3 Å². The van der Waals surface area contributed by atoms with Gasteiger partial charge in [0.15, 0.2) is 0 Å². The van der Waals surface area contributed by atoms with Crippen LogP contribution in [0, 0.1) is 30.1 Å². The fourth-order valence-corrected chi connectivity index (χ4v) is 7.89. The molecule has 5 nitrogen and oxygen atoms in total. The van der Waals surface area contributed by atoms with Crippen molar-refractivity contribution >= 4 is 33.3 Å². The van der Waals surface area contributed by atoms with Crippen LogP contribution in [0.4, 0.5) is 5.82 Å². The fraction of sp³-hybridized carbons (Fsp3) is 0.682. The molecule has 4 saturated carbocycles. The van der Waals surface area contributed by atoms with Gasteiger partial charge in [-0.15, -0.1) is 11.3 Å². The lowest BCUT2D eigenvalue weighted by molar-refractivity contribution is -0.158. The maximum Gasteiger partial charge on any atom is 0.228 e. The van der Waals surface area contributed by atoms with Crippen molar-refractivity contribution in [3.05, 3.63) is 17.3 Å². The van der Waals surface area contributed by atoms with E-state index in [1.807, 2.05) is 0 Å². The molecule has 4 aliphatic carbocycles. The Labute approximate surface area is 170 Å². The Kier molecular flexibility index (Phi) is 3.78. The largest absolute Gasteiger partial charge is 0.352 e. The molecule has 0 unspecified atom stereocenters. The Morgan fingerprint density at radius 3 is 2.32 bits per heavy atom. The minimum absolute atomic E-state index is 0.0103. The van der Waals surface area contributed by atoms with E-state index in [4.69, 9.17) is 0 Å². The number of anilines is 1. The lowest BCUT2D eigenvalue weighted by atomic mass is 9.49. The van der Waals surface area contributed by atoms with E-state index in [9.17, 15) is 4.79 Å². The molecule has 0 radical (unpaired) electrons. The van der Waals surface area contributed by atoms with Crippen molar-refractivity contribution in [1.82, 2.24) is 14.9 Å². The molecule has 148 valence electrons. The lowest BCUT2D eigenvalue weighted by Crippen LogP contribution is -2.58. The standard InChI is InChI=1S/C22H28N4OS/c1-14-6-18-19(23-13-24-20(18)28-14)25-2-4-26(5-3-25)21(27)22-10-15-7-16(11-22)9-17(8-15)12-22/h6,13,15-17H,2-5,7-12H2,1H3. The molecule has 0 atom stereocenters. The van der Waals surface area contributed by atoms with Gasteiger partial charge in [-0.1, -0.05) is 0 Å². The number of hydrogen-bond donors (Lipinski definition) is 0. The van der Waals surface area contributed by atoms with E-state index >= 15 is 0 Å². The molecule has 1 aliphatic heterocycles. The third kappa shape index (κ3) is 2.60. The van der Waals surface area contributed by atoms with Crippen molar-refractivity contribution in [1.29, 1.82) is 0 Å². The Balaban J connectivity index is 1.19. The summed E-state index contributed by atoms with van der Waals surface area (Å²) >= 11 is 1.73. The van der Waals surface area contributed by atoms with Crippen molar-refractivity contribution in [3.63, 3.8) is 0 Å². The number of rotatable bonds is 2. The highest BCUT2D eigenvalue weighted by Gasteiger charge is 2.55. The number of carbonyl (C=O) groups excluding carboxylic acids is 1.